The van der Waals surface area contributed by atoms with E-state index >= 15 is 0 Å². The Morgan fingerprint density at radius 3 is 2.22 bits per heavy atom. The van der Waals surface area contributed by atoms with Crippen molar-refractivity contribution in [2.24, 2.45) is 0 Å². The van der Waals surface area contributed by atoms with Gasteiger partial charge in [0.25, 0.3) is 0 Å². The van der Waals surface area contributed by atoms with Crippen LogP contribution in [0.4, 0.5) is 4.39 Å². The summed E-state index contributed by atoms with van der Waals surface area (Å²) in [5.41, 5.74) is 0.872. The lowest BCUT2D eigenvalue weighted by Gasteiger charge is -2.13. The average Bonchev–Trinajstić information content (AvgIpc) is 2.32. The second kappa shape index (κ2) is 5.66. The standard InChI is InChI=1S/C13H7Cl4F/c14-8-5-4-7(6-10(8)16)13(17)12-9(15)2-1-3-11(12)18/h1-6,13H. The highest BCUT2D eigenvalue weighted by Crippen LogP contribution is 2.37. The maximum atomic E-state index is 13.7. The van der Waals surface area contributed by atoms with Crippen LogP contribution in [0.3, 0.4) is 0 Å². The van der Waals surface area contributed by atoms with Gasteiger partial charge in [-0.15, -0.1) is 11.6 Å². The van der Waals surface area contributed by atoms with E-state index in [1.807, 2.05) is 0 Å². The lowest BCUT2D eigenvalue weighted by Crippen LogP contribution is -1.98. The van der Waals surface area contributed by atoms with E-state index in [1.54, 1.807) is 24.3 Å². The monoisotopic (exact) mass is 322 g/mol. The summed E-state index contributed by atoms with van der Waals surface area (Å²) in [6, 6.07) is 9.34. The SMILES string of the molecule is Fc1cccc(Cl)c1C(Cl)c1ccc(Cl)c(Cl)c1. The van der Waals surface area contributed by atoms with E-state index < -0.39 is 11.2 Å². The third kappa shape index (κ3) is 2.75. The molecule has 1 atom stereocenters. The Hall–Kier alpha value is -0.470. The molecule has 0 aliphatic carbocycles. The number of hydrogen-bond acceptors (Lipinski definition) is 0. The molecule has 0 aromatic heterocycles. The Balaban J connectivity index is 2.48. The fourth-order valence-electron chi connectivity index (χ4n) is 1.59. The Labute approximate surface area is 124 Å². The van der Waals surface area contributed by atoms with E-state index in [4.69, 9.17) is 46.4 Å². The molecular formula is C13H7Cl4F. The Kier molecular flexibility index (Phi) is 4.39. The van der Waals surface area contributed by atoms with Gasteiger partial charge in [0.05, 0.1) is 15.4 Å². The summed E-state index contributed by atoms with van der Waals surface area (Å²) in [5.74, 6) is -0.450. The minimum atomic E-state index is -0.714. The van der Waals surface area contributed by atoms with Gasteiger partial charge in [0.2, 0.25) is 0 Å². The number of alkyl halides is 1. The molecule has 0 saturated carbocycles. The molecule has 94 valence electrons. The molecule has 0 bridgehead atoms. The lowest BCUT2D eigenvalue weighted by molar-refractivity contribution is 0.612. The van der Waals surface area contributed by atoms with Crippen molar-refractivity contribution in [3.8, 4) is 0 Å². The largest absolute Gasteiger partial charge is 0.207 e. The number of benzene rings is 2. The first-order valence-electron chi connectivity index (χ1n) is 5.03. The van der Waals surface area contributed by atoms with Crippen molar-refractivity contribution < 1.29 is 4.39 Å². The van der Waals surface area contributed by atoms with Crippen LogP contribution >= 0.6 is 46.4 Å². The second-order valence-corrected chi connectivity index (χ2v) is 5.33. The van der Waals surface area contributed by atoms with Crippen molar-refractivity contribution in [2.75, 3.05) is 0 Å². The van der Waals surface area contributed by atoms with Crippen LogP contribution in [-0.2, 0) is 0 Å². The van der Waals surface area contributed by atoms with Crippen molar-refractivity contribution >= 4 is 46.4 Å². The molecule has 0 amide bonds. The van der Waals surface area contributed by atoms with Gasteiger partial charge >= 0.3 is 0 Å². The predicted molar refractivity (Wildman–Crippen MR) is 75.6 cm³/mol. The molecule has 2 rings (SSSR count). The summed E-state index contributed by atoms with van der Waals surface area (Å²) in [4.78, 5) is 0. The maximum absolute atomic E-state index is 13.7. The van der Waals surface area contributed by atoms with Crippen LogP contribution in [0.25, 0.3) is 0 Å². The van der Waals surface area contributed by atoms with E-state index in [0.717, 1.165) is 0 Å². The molecule has 0 fully saturated rings. The van der Waals surface area contributed by atoms with Crippen molar-refractivity contribution in [1.29, 1.82) is 0 Å². The second-order valence-electron chi connectivity index (χ2n) is 3.67. The Morgan fingerprint density at radius 2 is 1.61 bits per heavy atom. The molecule has 0 saturated heterocycles. The lowest BCUT2D eigenvalue weighted by atomic mass is 10.0. The van der Waals surface area contributed by atoms with Gasteiger partial charge in [-0.2, -0.15) is 0 Å². The molecule has 1 unspecified atom stereocenters. The molecule has 0 aliphatic heterocycles. The van der Waals surface area contributed by atoms with Gasteiger partial charge in [0, 0.05) is 10.6 Å². The number of halogens is 5. The van der Waals surface area contributed by atoms with Crippen molar-refractivity contribution in [3.05, 3.63) is 68.4 Å². The highest BCUT2D eigenvalue weighted by atomic mass is 35.5. The molecule has 0 radical (unpaired) electrons. The van der Waals surface area contributed by atoms with Gasteiger partial charge in [-0.1, -0.05) is 46.9 Å². The summed E-state index contributed by atoms with van der Waals surface area (Å²) in [7, 11) is 0. The van der Waals surface area contributed by atoms with E-state index in [1.165, 1.54) is 12.1 Å². The first-order valence-corrected chi connectivity index (χ1v) is 6.60. The zero-order valence-electron chi connectivity index (χ0n) is 8.93. The first kappa shape index (κ1) is 14.0. The number of rotatable bonds is 2. The van der Waals surface area contributed by atoms with Gasteiger partial charge in [-0.05, 0) is 29.8 Å². The van der Waals surface area contributed by atoms with Gasteiger partial charge in [0.1, 0.15) is 5.82 Å². The van der Waals surface area contributed by atoms with Crippen LogP contribution in [0.1, 0.15) is 16.5 Å². The van der Waals surface area contributed by atoms with Gasteiger partial charge < -0.3 is 0 Å². The molecule has 0 heterocycles. The molecule has 0 nitrogen and oxygen atoms in total. The smallest absolute Gasteiger partial charge is 0.129 e. The zero-order chi connectivity index (χ0) is 13.3. The van der Waals surface area contributed by atoms with Gasteiger partial charge in [0.15, 0.2) is 0 Å². The topological polar surface area (TPSA) is 0 Å². The molecule has 0 aliphatic rings. The number of hydrogen-bond donors (Lipinski definition) is 0. The van der Waals surface area contributed by atoms with Crippen molar-refractivity contribution in [2.45, 2.75) is 5.38 Å². The molecule has 0 N–H and O–H groups in total. The summed E-state index contributed by atoms with van der Waals surface area (Å²) >= 11 is 23.9. The van der Waals surface area contributed by atoms with Gasteiger partial charge in [-0.25, -0.2) is 4.39 Å². The van der Waals surface area contributed by atoms with Crippen LogP contribution in [0.15, 0.2) is 36.4 Å². The van der Waals surface area contributed by atoms with E-state index in [0.29, 0.717) is 15.6 Å². The first-order chi connectivity index (χ1) is 8.50. The molecule has 2 aromatic carbocycles. The van der Waals surface area contributed by atoms with E-state index in [-0.39, 0.29) is 10.6 Å². The van der Waals surface area contributed by atoms with Crippen molar-refractivity contribution in [1.82, 2.24) is 0 Å². The Bertz CT molecular complexity index is 563. The minimum absolute atomic E-state index is 0.235. The molecular weight excluding hydrogens is 317 g/mol. The van der Waals surface area contributed by atoms with E-state index in [2.05, 4.69) is 0 Å². The summed E-state index contributed by atoms with van der Waals surface area (Å²) in [6.07, 6.45) is 0. The fraction of sp³-hybridized carbons (Fsp3) is 0.0769. The van der Waals surface area contributed by atoms with Crippen LogP contribution in [0.5, 0.6) is 0 Å². The predicted octanol–water partition coefficient (Wildman–Crippen LogP) is 6.11. The highest BCUT2D eigenvalue weighted by molar-refractivity contribution is 6.42. The Morgan fingerprint density at radius 1 is 0.889 bits per heavy atom. The quantitative estimate of drug-likeness (QED) is 0.584. The van der Waals surface area contributed by atoms with Gasteiger partial charge in [-0.3, -0.25) is 0 Å². The molecule has 0 spiro atoms. The maximum Gasteiger partial charge on any atom is 0.129 e. The van der Waals surface area contributed by atoms with Crippen LogP contribution < -0.4 is 0 Å². The molecule has 18 heavy (non-hydrogen) atoms. The fourth-order valence-corrected chi connectivity index (χ4v) is 2.58. The normalized spacial score (nSPS) is 12.5. The third-order valence-electron chi connectivity index (χ3n) is 2.49. The summed E-state index contributed by atoms with van der Waals surface area (Å²) in [6.45, 7) is 0. The van der Waals surface area contributed by atoms with Crippen LogP contribution in [0, 0.1) is 5.82 Å². The molecule has 5 heteroatoms. The minimum Gasteiger partial charge on any atom is -0.207 e. The van der Waals surface area contributed by atoms with Crippen LogP contribution in [-0.4, -0.2) is 0 Å². The van der Waals surface area contributed by atoms with Crippen molar-refractivity contribution in [3.63, 3.8) is 0 Å². The third-order valence-corrected chi connectivity index (χ3v) is 4.03. The average molecular weight is 324 g/mol. The molecule has 2 aromatic rings. The summed E-state index contributed by atoms with van der Waals surface area (Å²) in [5, 5.41) is 0.353. The summed E-state index contributed by atoms with van der Waals surface area (Å²) < 4.78 is 13.7. The zero-order valence-corrected chi connectivity index (χ0v) is 12.0. The highest BCUT2D eigenvalue weighted by Gasteiger charge is 2.19. The van der Waals surface area contributed by atoms with E-state index in [9.17, 15) is 4.39 Å². The van der Waals surface area contributed by atoms with Crippen LogP contribution in [0.2, 0.25) is 15.1 Å².